The molecule has 1 amide bonds. The Kier molecular flexibility index (Phi) is 6.99. The SMILES string of the molecule is COc1cccc(C(C)C(=O)NC2CNCCC2C)c1.Cl. The number of carbonyl (C=O) groups excluding carboxylic acids is 1. The maximum Gasteiger partial charge on any atom is 0.227 e. The summed E-state index contributed by atoms with van der Waals surface area (Å²) in [4.78, 5) is 12.4. The predicted octanol–water partition coefficient (Wildman–Crippen LogP) is 2.33. The molecule has 2 rings (SSSR count). The third-order valence-corrected chi connectivity index (χ3v) is 4.14. The molecule has 21 heavy (non-hydrogen) atoms. The lowest BCUT2D eigenvalue weighted by Gasteiger charge is -2.31. The highest BCUT2D eigenvalue weighted by molar-refractivity contribution is 5.85. The van der Waals surface area contributed by atoms with Gasteiger partial charge >= 0.3 is 0 Å². The maximum atomic E-state index is 12.4. The first-order valence-corrected chi connectivity index (χ1v) is 7.27. The predicted molar refractivity (Wildman–Crippen MR) is 87.2 cm³/mol. The fraction of sp³-hybridized carbons (Fsp3) is 0.562. The highest BCUT2D eigenvalue weighted by atomic mass is 35.5. The van der Waals surface area contributed by atoms with Crippen LogP contribution in [0.25, 0.3) is 0 Å². The molecule has 1 heterocycles. The minimum Gasteiger partial charge on any atom is -0.497 e. The molecular formula is C16H25ClN2O2. The van der Waals surface area contributed by atoms with Crippen LogP contribution in [-0.2, 0) is 4.79 Å². The third-order valence-electron chi connectivity index (χ3n) is 4.14. The van der Waals surface area contributed by atoms with Gasteiger partial charge in [0.15, 0.2) is 0 Å². The molecule has 1 saturated heterocycles. The van der Waals surface area contributed by atoms with Crippen LogP contribution in [0, 0.1) is 5.92 Å². The molecule has 0 saturated carbocycles. The average molecular weight is 313 g/mol. The zero-order valence-electron chi connectivity index (χ0n) is 12.9. The quantitative estimate of drug-likeness (QED) is 0.897. The number of carbonyl (C=O) groups is 1. The second kappa shape index (κ2) is 8.25. The van der Waals surface area contributed by atoms with Crippen molar-refractivity contribution in [3.8, 4) is 5.75 Å². The maximum absolute atomic E-state index is 12.4. The summed E-state index contributed by atoms with van der Waals surface area (Å²) < 4.78 is 5.21. The van der Waals surface area contributed by atoms with Gasteiger partial charge in [-0.25, -0.2) is 0 Å². The van der Waals surface area contributed by atoms with Gasteiger partial charge in [0, 0.05) is 12.6 Å². The van der Waals surface area contributed by atoms with Crippen LogP contribution in [0.1, 0.15) is 31.7 Å². The Balaban J connectivity index is 0.00000220. The van der Waals surface area contributed by atoms with E-state index in [1.54, 1.807) is 7.11 Å². The van der Waals surface area contributed by atoms with Crippen LogP contribution >= 0.6 is 12.4 Å². The molecule has 0 spiro atoms. The molecule has 4 nitrogen and oxygen atoms in total. The van der Waals surface area contributed by atoms with Gasteiger partial charge in [-0.1, -0.05) is 19.1 Å². The lowest BCUT2D eigenvalue weighted by atomic mass is 9.93. The van der Waals surface area contributed by atoms with Crippen molar-refractivity contribution in [1.29, 1.82) is 0 Å². The van der Waals surface area contributed by atoms with Crippen LogP contribution in [-0.4, -0.2) is 32.1 Å². The Morgan fingerprint density at radius 1 is 1.48 bits per heavy atom. The van der Waals surface area contributed by atoms with E-state index >= 15 is 0 Å². The molecule has 3 atom stereocenters. The molecule has 5 heteroatoms. The third kappa shape index (κ3) is 4.61. The summed E-state index contributed by atoms with van der Waals surface area (Å²) >= 11 is 0. The van der Waals surface area contributed by atoms with E-state index in [0.29, 0.717) is 5.92 Å². The first kappa shape index (κ1) is 17.8. The van der Waals surface area contributed by atoms with E-state index in [0.717, 1.165) is 30.8 Å². The molecule has 0 radical (unpaired) electrons. The van der Waals surface area contributed by atoms with Crippen LogP contribution in [0.4, 0.5) is 0 Å². The first-order valence-electron chi connectivity index (χ1n) is 7.27. The molecule has 2 N–H and O–H groups in total. The van der Waals surface area contributed by atoms with Crippen LogP contribution < -0.4 is 15.4 Å². The summed E-state index contributed by atoms with van der Waals surface area (Å²) in [6, 6.07) is 7.93. The normalized spacial score (nSPS) is 22.8. The van der Waals surface area contributed by atoms with Crippen molar-refractivity contribution in [2.75, 3.05) is 20.2 Å². The van der Waals surface area contributed by atoms with Gasteiger partial charge in [0.05, 0.1) is 13.0 Å². The number of halogens is 1. The van der Waals surface area contributed by atoms with Crippen LogP contribution in [0.2, 0.25) is 0 Å². The standard InChI is InChI=1S/C16H24N2O2.ClH/c1-11-7-8-17-10-15(11)18-16(19)12(2)13-5-4-6-14(9-13)20-3;/h4-6,9,11-12,15,17H,7-8,10H2,1-3H3,(H,18,19);1H. The molecule has 0 aromatic heterocycles. The number of methoxy groups -OCH3 is 1. The van der Waals surface area contributed by atoms with Crippen molar-refractivity contribution < 1.29 is 9.53 Å². The number of ether oxygens (including phenoxy) is 1. The van der Waals surface area contributed by atoms with E-state index in [4.69, 9.17) is 4.74 Å². The Morgan fingerprint density at radius 3 is 2.90 bits per heavy atom. The van der Waals surface area contributed by atoms with Crippen molar-refractivity contribution in [3.05, 3.63) is 29.8 Å². The molecule has 1 aromatic carbocycles. The number of hydrogen-bond acceptors (Lipinski definition) is 3. The van der Waals surface area contributed by atoms with E-state index in [1.165, 1.54) is 0 Å². The summed E-state index contributed by atoms with van der Waals surface area (Å²) in [5.74, 6) is 1.23. The number of nitrogens with one attached hydrogen (secondary N) is 2. The summed E-state index contributed by atoms with van der Waals surface area (Å²) in [5.41, 5.74) is 0.985. The van der Waals surface area contributed by atoms with Crippen LogP contribution in [0.5, 0.6) is 5.75 Å². The largest absolute Gasteiger partial charge is 0.497 e. The molecule has 0 aliphatic carbocycles. The van der Waals surface area contributed by atoms with Gasteiger partial charge in [0.1, 0.15) is 5.75 Å². The highest BCUT2D eigenvalue weighted by Crippen LogP contribution is 2.21. The number of hydrogen-bond donors (Lipinski definition) is 2. The lowest BCUT2D eigenvalue weighted by molar-refractivity contribution is -0.123. The van der Waals surface area contributed by atoms with Gasteiger partial charge in [-0.3, -0.25) is 4.79 Å². The zero-order chi connectivity index (χ0) is 14.5. The van der Waals surface area contributed by atoms with Gasteiger partial charge in [-0.2, -0.15) is 0 Å². The van der Waals surface area contributed by atoms with Gasteiger partial charge in [-0.05, 0) is 43.5 Å². The molecule has 1 aromatic rings. The fourth-order valence-electron chi connectivity index (χ4n) is 2.55. The van der Waals surface area contributed by atoms with E-state index in [9.17, 15) is 4.79 Å². The number of rotatable bonds is 4. The monoisotopic (exact) mass is 312 g/mol. The average Bonchev–Trinajstić information content (AvgIpc) is 2.48. The molecule has 1 aliphatic rings. The highest BCUT2D eigenvalue weighted by Gasteiger charge is 2.25. The fourth-order valence-corrected chi connectivity index (χ4v) is 2.55. The Hall–Kier alpha value is -1.26. The van der Waals surface area contributed by atoms with Crippen molar-refractivity contribution in [1.82, 2.24) is 10.6 Å². The summed E-state index contributed by atoms with van der Waals surface area (Å²) in [6.07, 6.45) is 1.11. The van der Waals surface area contributed by atoms with E-state index < -0.39 is 0 Å². The van der Waals surface area contributed by atoms with Crippen molar-refractivity contribution >= 4 is 18.3 Å². The topological polar surface area (TPSA) is 50.4 Å². The van der Waals surface area contributed by atoms with Gasteiger partial charge in [-0.15, -0.1) is 12.4 Å². The number of amides is 1. The number of benzene rings is 1. The van der Waals surface area contributed by atoms with E-state index in [2.05, 4.69) is 17.6 Å². The van der Waals surface area contributed by atoms with Crippen LogP contribution in [0.15, 0.2) is 24.3 Å². The Morgan fingerprint density at radius 2 is 2.24 bits per heavy atom. The lowest BCUT2D eigenvalue weighted by Crippen LogP contribution is -2.51. The smallest absolute Gasteiger partial charge is 0.227 e. The molecule has 1 aliphatic heterocycles. The minimum absolute atomic E-state index is 0. The van der Waals surface area contributed by atoms with Gasteiger partial charge < -0.3 is 15.4 Å². The Labute approximate surface area is 133 Å². The molecule has 118 valence electrons. The zero-order valence-corrected chi connectivity index (χ0v) is 13.7. The minimum atomic E-state index is -0.167. The van der Waals surface area contributed by atoms with E-state index in [1.807, 2.05) is 31.2 Å². The molecular weight excluding hydrogens is 288 g/mol. The second-order valence-corrected chi connectivity index (χ2v) is 5.58. The molecule has 0 bridgehead atoms. The van der Waals surface area contributed by atoms with Gasteiger partial charge in [0.25, 0.3) is 0 Å². The van der Waals surface area contributed by atoms with Gasteiger partial charge in [0.2, 0.25) is 5.91 Å². The summed E-state index contributed by atoms with van der Waals surface area (Å²) in [7, 11) is 1.64. The molecule has 1 fully saturated rings. The second-order valence-electron chi connectivity index (χ2n) is 5.58. The van der Waals surface area contributed by atoms with Crippen molar-refractivity contribution in [2.24, 2.45) is 5.92 Å². The van der Waals surface area contributed by atoms with Crippen molar-refractivity contribution in [2.45, 2.75) is 32.2 Å². The summed E-state index contributed by atoms with van der Waals surface area (Å²) in [6.45, 7) is 6.03. The van der Waals surface area contributed by atoms with Crippen LogP contribution in [0.3, 0.4) is 0 Å². The Bertz CT molecular complexity index is 467. The molecule has 3 unspecified atom stereocenters. The van der Waals surface area contributed by atoms with E-state index in [-0.39, 0.29) is 30.3 Å². The first-order chi connectivity index (χ1) is 9.61. The number of piperidine rings is 1. The van der Waals surface area contributed by atoms with Crippen molar-refractivity contribution in [3.63, 3.8) is 0 Å². The summed E-state index contributed by atoms with van der Waals surface area (Å²) in [5, 5.41) is 6.49.